The van der Waals surface area contributed by atoms with Gasteiger partial charge in [-0.05, 0) is 273 Å². The molecule has 0 saturated heterocycles. The first-order valence-electron chi connectivity index (χ1n) is 46.0. The highest BCUT2D eigenvalue weighted by molar-refractivity contribution is 6.04. The number of nitrogens with zero attached hydrogens (tertiary/aromatic N) is 11. The van der Waals surface area contributed by atoms with E-state index < -0.39 is 0 Å². The van der Waals surface area contributed by atoms with Crippen LogP contribution >= 0.6 is 0 Å². The summed E-state index contributed by atoms with van der Waals surface area (Å²) >= 11 is 0. The lowest BCUT2D eigenvalue weighted by atomic mass is 9.82. The SMILES string of the molecule is C=NC(=NC(=C)c1ccc(-c2ccc(-c3ccccc3-c3cc(-c4ccccc4-c4ccc(-c5ccc(-c6nc(C)nc(-c7ccc8c(c7)C(C)(C)CC8(C)C)n6)cn5)cc4)cc(-c4ccccc4-c4ccc(-c5ccc(-c6nc(-c7ccc8c(c7)C(C)(C)CC8(C)C)nc(-c7ccc8c(c7)C(C)(C)CC8(C)C)n6)cn5)cc4)c3)cc2)nc1)c1ccc2c(c1)C(C)(C)CC2(C)C. The number of rotatable bonds is 17. The number of hydrogen-bond donors (Lipinski definition) is 0. The molecule has 0 N–H and O–H groups in total. The largest absolute Gasteiger partial charge is 0.256 e. The van der Waals surface area contributed by atoms with E-state index in [1.807, 2.05) is 37.6 Å². The lowest BCUT2D eigenvalue weighted by Gasteiger charge is -2.22. The van der Waals surface area contributed by atoms with Crippen molar-refractivity contribution in [2.45, 2.75) is 187 Å². The van der Waals surface area contributed by atoms with Gasteiger partial charge in [0.2, 0.25) is 0 Å². The molecule has 11 nitrogen and oxygen atoms in total. The molecule has 0 atom stereocenters. The van der Waals surface area contributed by atoms with Crippen molar-refractivity contribution < 1.29 is 0 Å². The second kappa shape index (κ2) is 31.7. The quantitative estimate of drug-likeness (QED) is 0.0643. The van der Waals surface area contributed by atoms with E-state index in [0.29, 0.717) is 46.5 Å². The van der Waals surface area contributed by atoms with Gasteiger partial charge in [-0.3, -0.25) is 15.0 Å². The Morgan fingerprint density at radius 3 is 0.809 bits per heavy atom. The number of aromatic nitrogens is 9. The first-order chi connectivity index (χ1) is 62.5. The topological polar surface area (TPSA) is 141 Å². The lowest BCUT2D eigenvalue weighted by Crippen LogP contribution is -2.18. The maximum absolute atomic E-state index is 5.32. The van der Waals surface area contributed by atoms with Crippen molar-refractivity contribution in [1.82, 2.24) is 44.9 Å². The molecule has 0 spiro atoms. The van der Waals surface area contributed by atoms with Crippen LogP contribution in [0.15, 0.2) is 308 Å². The predicted octanol–water partition coefficient (Wildman–Crippen LogP) is 29.8. The average molecular weight is 1710 g/mol. The Labute approximate surface area is 771 Å². The van der Waals surface area contributed by atoms with Crippen LogP contribution in [0.25, 0.3) is 163 Å². The second-order valence-electron chi connectivity index (χ2n) is 42.2. The second-order valence-corrected chi connectivity index (χ2v) is 42.2. The normalized spacial score (nSPS) is 16.5. The zero-order valence-corrected chi connectivity index (χ0v) is 78.4. The molecule has 131 heavy (non-hydrogen) atoms. The first kappa shape index (κ1) is 85.1. The average Bonchev–Trinajstić information content (AvgIpc) is 1.56. The van der Waals surface area contributed by atoms with Gasteiger partial charge < -0.3 is 0 Å². The number of aryl methyl sites for hydroxylation is 1. The molecule has 0 amide bonds. The Balaban J connectivity index is 0.620. The molecular formula is C120H111N11. The van der Waals surface area contributed by atoms with Crippen LogP contribution in [0.4, 0.5) is 0 Å². The molecule has 0 radical (unpaired) electrons. The molecule has 0 fully saturated rings. The summed E-state index contributed by atoms with van der Waals surface area (Å²) in [4.78, 5) is 55.2. The Bertz CT molecular complexity index is 7230. The van der Waals surface area contributed by atoms with Gasteiger partial charge in [-0.2, -0.15) is 0 Å². The molecule has 4 aliphatic rings. The number of benzene rings is 11. The molecule has 0 aliphatic heterocycles. The van der Waals surface area contributed by atoms with Crippen LogP contribution in [0.5, 0.6) is 0 Å². The minimum Gasteiger partial charge on any atom is -0.256 e. The number of hydrogen-bond acceptors (Lipinski definition) is 10. The monoisotopic (exact) mass is 1710 g/mol. The summed E-state index contributed by atoms with van der Waals surface area (Å²) in [7, 11) is 0. The first-order valence-corrected chi connectivity index (χ1v) is 46.0. The van der Waals surface area contributed by atoms with Gasteiger partial charge in [-0.15, -0.1) is 0 Å². The van der Waals surface area contributed by atoms with Crippen molar-refractivity contribution in [3.8, 4) is 157 Å². The summed E-state index contributed by atoms with van der Waals surface area (Å²) in [6, 6.07) is 99.2. The predicted molar refractivity (Wildman–Crippen MR) is 542 cm³/mol. The minimum absolute atomic E-state index is 0.00254. The van der Waals surface area contributed by atoms with Gasteiger partial charge >= 0.3 is 0 Å². The summed E-state index contributed by atoms with van der Waals surface area (Å²) in [5, 5.41) is 0. The van der Waals surface area contributed by atoms with Crippen molar-refractivity contribution in [1.29, 1.82) is 0 Å². The third-order valence-electron chi connectivity index (χ3n) is 28.5. The van der Waals surface area contributed by atoms with Crippen molar-refractivity contribution in [2.75, 3.05) is 0 Å². The van der Waals surface area contributed by atoms with E-state index in [-0.39, 0.29) is 43.3 Å². The molecular weight excluding hydrogens is 1600 g/mol. The summed E-state index contributed by atoms with van der Waals surface area (Å²) in [6.45, 7) is 47.8. The molecule has 5 aromatic heterocycles. The molecule has 16 aromatic rings. The van der Waals surface area contributed by atoms with E-state index in [0.717, 1.165) is 165 Å². The van der Waals surface area contributed by atoms with Crippen LogP contribution in [-0.4, -0.2) is 57.4 Å². The van der Waals surface area contributed by atoms with E-state index in [1.165, 1.54) is 44.5 Å². The number of fused-ring (bicyclic) bond motifs is 4. The lowest BCUT2D eigenvalue weighted by molar-refractivity contribution is 0.402. The van der Waals surface area contributed by atoms with Crippen LogP contribution in [0.1, 0.15) is 198 Å². The van der Waals surface area contributed by atoms with Gasteiger partial charge in [0.1, 0.15) is 5.82 Å². The molecule has 4 aliphatic carbocycles. The molecule has 0 bridgehead atoms. The Morgan fingerprint density at radius 1 is 0.244 bits per heavy atom. The molecule has 646 valence electrons. The van der Waals surface area contributed by atoms with Gasteiger partial charge in [-0.25, -0.2) is 39.9 Å². The highest BCUT2D eigenvalue weighted by Crippen LogP contribution is 2.55. The van der Waals surface area contributed by atoms with E-state index in [2.05, 4.69) is 390 Å². The molecule has 0 saturated carbocycles. The third-order valence-corrected chi connectivity index (χ3v) is 28.5. The maximum Gasteiger partial charge on any atom is 0.165 e. The maximum atomic E-state index is 5.32. The van der Waals surface area contributed by atoms with Gasteiger partial charge in [0, 0.05) is 74.2 Å². The summed E-state index contributed by atoms with van der Waals surface area (Å²) in [5.41, 5.74) is 36.9. The fraction of sp³-hybridized carbons (Fsp3) is 0.242. The van der Waals surface area contributed by atoms with E-state index >= 15 is 0 Å². The summed E-state index contributed by atoms with van der Waals surface area (Å²) in [6.07, 6.45) is 9.94. The van der Waals surface area contributed by atoms with Crippen LogP contribution in [-0.2, 0) is 43.3 Å². The summed E-state index contributed by atoms with van der Waals surface area (Å²) in [5.74, 6) is 4.35. The standard InChI is InChI=1S/C120H111N11/c1-72(125-107(121-19)80-44-51-96-100(61-80)117(11,12)68-113(96,3)4)84-48-55-104(122-65-84)77-38-32-74(33-39-77)90-26-20-23-29-93(90)87-58-88(94-30-24-21-27-91(94)75-34-40-78(41-35-75)105-56-49-85(66-123-105)111-127-73(2)126-108(128-111)81-45-52-97-101(62-81)118(13,14)69-114(97,5)6)60-89(59-87)95-31-25-22-28-92(95)76-36-42-79(43-37-76)106-57-50-86(67-124-106)112-130-109(82-46-53-98-102(63-82)119(15,16)70-115(98,7)8)129-110(131-112)83-47-54-99-103(64-83)120(17,18)71-116(99,9)10/h20-67H,1,19,68-71H2,2-18H3. The zero-order valence-electron chi connectivity index (χ0n) is 78.4. The van der Waals surface area contributed by atoms with Crippen LogP contribution < -0.4 is 0 Å². The molecule has 5 heterocycles. The minimum atomic E-state index is 0.00254. The highest BCUT2D eigenvalue weighted by atomic mass is 15.0. The highest BCUT2D eigenvalue weighted by Gasteiger charge is 2.46. The number of pyridine rings is 3. The van der Waals surface area contributed by atoms with Gasteiger partial charge in [0.05, 0.1) is 22.8 Å². The van der Waals surface area contributed by atoms with Crippen molar-refractivity contribution in [3.05, 3.63) is 360 Å². The van der Waals surface area contributed by atoms with Crippen LogP contribution in [0, 0.1) is 6.92 Å². The Morgan fingerprint density at radius 2 is 0.496 bits per heavy atom. The molecule has 20 rings (SSSR count). The van der Waals surface area contributed by atoms with Gasteiger partial charge in [0.15, 0.2) is 35.0 Å². The number of aliphatic imine (C=N–C) groups is 2. The Hall–Kier alpha value is -14.0. The van der Waals surface area contributed by atoms with Crippen LogP contribution in [0.2, 0.25) is 0 Å². The van der Waals surface area contributed by atoms with Crippen molar-refractivity contribution >= 4 is 18.3 Å². The van der Waals surface area contributed by atoms with Gasteiger partial charge in [-0.1, -0.05) is 311 Å². The van der Waals surface area contributed by atoms with E-state index in [9.17, 15) is 0 Å². The third kappa shape index (κ3) is 15.8. The van der Waals surface area contributed by atoms with E-state index in [4.69, 9.17) is 49.8 Å². The van der Waals surface area contributed by atoms with Crippen LogP contribution in [0.3, 0.4) is 0 Å². The molecule has 11 heteroatoms. The van der Waals surface area contributed by atoms with Gasteiger partial charge in [0.25, 0.3) is 0 Å². The zero-order chi connectivity index (χ0) is 91.2. The Kier molecular flexibility index (Phi) is 20.6. The number of amidine groups is 1. The fourth-order valence-electron chi connectivity index (χ4n) is 23.0. The summed E-state index contributed by atoms with van der Waals surface area (Å²) < 4.78 is 0. The van der Waals surface area contributed by atoms with E-state index in [1.54, 1.807) is 0 Å². The fourth-order valence-corrected chi connectivity index (χ4v) is 23.0. The molecule has 0 unspecified atom stereocenters. The van der Waals surface area contributed by atoms with Crippen molar-refractivity contribution in [3.63, 3.8) is 0 Å². The smallest absolute Gasteiger partial charge is 0.165 e. The molecule has 11 aromatic carbocycles. The van der Waals surface area contributed by atoms with Crippen molar-refractivity contribution in [2.24, 2.45) is 9.98 Å².